The molecule has 160 valence electrons. The van der Waals surface area contributed by atoms with E-state index in [1.165, 1.54) is 11.6 Å². The molecule has 0 unspecified atom stereocenters. The first-order valence-corrected chi connectivity index (χ1v) is 9.99. The summed E-state index contributed by atoms with van der Waals surface area (Å²) in [5.74, 6) is -0.352. The number of benzene rings is 3. The summed E-state index contributed by atoms with van der Waals surface area (Å²) in [5.41, 5.74) is 3.66. The van der Waals surface area contributed by atoms with E-state index in [0.717, 1.165) is 17.7 Å². The van der Waals surface area contributed by atoms with Gasteiger partial charge in [0, 0.05) is 31.3 Å². The molecular weight excluding hydrogens is 392 g/mol. The van der Waals surface area contributed by atoms with Crippen molar-refractivity contribution >= 4 is 17.3 Å². The van der Waals surface area contributed by atoms with E-state index < -0.39 is 4.92 Å². The lowest BCUT2D eigenvalue weighted by Crippen LogP contribution is -2.23. The van der Waals surface area contributed by atoms with Gasteiger partial charge in [-0.1, -0.05) is 54.6 Å². The van der Waals surface area contributed by atoms with Crippen LogP contribution in [0.2, 0.25) is 0 Å². The number of nitrogens with zero attached hydrogens (tertiary/aromatic N) is 2. The van der Waals surface area contributed by atoms with Crippen LogP contribution >= 0.6 is 0 Å². The molecule has 0 saturated heterocycles. The van der Waals surface area contributed by atoms with Crippen LogP contribution in [0.5, 0.6) is 0 Å². The molecule has 0 atom stereocenters. The van der Waals surface area contributed by atoms with Gasteiger partial charge in [0.05, 0.1) is 4.92 Å². The van der Waals surface area contributed by atoms with E-state index in [0.29, 0.717) is 18.8 Å². The highest BCUT2D eigenvalue weighted by Crippen LogP contribution is 2.26. The minimum Gasteiger partial charge on any atom is -0.375 e. The van der Waals surface area contributed by atoms with Crippen molar-refractivity contribution in [2.45, 2.75) is 19.6 Å². The molecule has 3 aromatic carbocycles. The summed E-state index contributed by atoms with van der Waals surface area (Å²) in [6.07, 6.45) is 0. The summed E-state index contributed by atoms with van der Waals surface area (Å²) in [6, 6.07) is 22.1. The normalized spacial score (nSPS) is 10.7. The summed E-state index contributed by atoms with van der Waals surface area (Å²) >= 11 is 0. The maximum absolute atomic E-state index is 12.5. The van der Waals surface area contributed by atoms with Gasteiger partial charge in [-0.2, -0.15) is 0 Å². The van der Waals surface area contributed by atoms with Gasteiger partial charge >= 0.3 is 0 Å². The van der Waals surface area contributed by atoms with Gasteiger partial charge in [0.25, 0.3) is 11.6 Å². The molecule has 3 aromatic rings. The highest BCUT2D eigenvalue weighted by molar-refractivity contribution is 5.95. The minimum atomic E-state index is -0.479. The van der Waals surface area contributed by atoms with Crippen LogP contribution in [-0.4, -0.2) is 29.8 Å². The van der Waals surface area contributed by atoms with Crippen LogP contribution in [0, 0.1) is 10.1 Å². The fourth-order valence-electron chi connectivity index (χ4n) is 3.18. The van der Waals surface area contributed by atoms with Crippen molar-refractivity contribution in [1.82, 2.24) is 10.2 Å². The van der Waals surface area contributed by atoms with E-state index >= 15 is 0 Å². The van der Waals surface area contributed by atoms with Crippen LogP contribution < -0.4 is 10.6 Å². The zero-order valence-electron chi connectivity index (χ0n) is 17.7. The van der Waals surface area contributed by atoms with E-state index in [-0.39, 0.29) is 17.2 Å². The van der Waals surface area contributed by atoms with Crippen LogP contribution in [0.4, 0.5) is 11.4 Å². The van der Waals surface area contributed by atoms with Gasteiger partial charge in [0.15, 0.2) is 0 Å². The van der Waals surface area contributed by atoms with Crippen LogP contribution in [0.25, 0.3) is 0 Å². The predicted octanol–water partition coefficient (Wildman–Crippen LogP) is 4.20. The van der Waals surface area contributed by atoms with Crippen molar-refractivity contribution in [2.24, 2.45) is 0 Å². The molecule has 0 aliphatic carbocycles. The fraction of sp³-hybridized carbons (Fsp3) is 0.208. The fourth-order valence-corrected chi connectivity index (χ4v) is 3.18. The molecule has 2 N–H and O–H groups in total. The number of amides is 1. The molecule has 0 aliphatic rings. The number of nitrogens with one attached hydrogen (secondary N) is 2. The number of hydrogen-bond donors (Lipinski definition) is 2. The Morgan fingerprint density at radius 1 is 0.903 bits per heavy atom. The third kappa shape index (κ3) is 6.38. The van der Waals surface area contributed by atoms with Gasteiger partial charge in [-0.05, 0) is 42.9 Å². The Kier molecular flexibility index (Phi) is 7.35. The zero-order valence-corrected chi connectivity index (χ0v) is 17.7. The molecule has 0 radical (unpaired) electrons. The van der Waals surface area contributed by atoms with Crippen LogP contribution in [-0.2, 0) is 19.6 Å². The standard InChI is InChI=1S/C24H26N4O3/c1-27(2)17-20-10-8-19(9-11-20)16-26-24(29)21-12-13-22(23(14-21)28(30)31)25-15-18-6-4-3-5-7-18/h3-14,25H,15-17H2,1-2H3,(H,26,29). The third-order valence-corrected chi connectivity index (χ3v) is 4.76. The van der Waals surface area contributed by atoms with E-state index in [1.54, 1.807) is 12.1 Å². The lowest BCUT2D eigenvalue weighted by molar-refractivity contribution is -0.384. The molecule has 0 heterocycles. The van der Waals surface area contributed by atoms with Crippen molar-refractivity contribution in [3.8, 4) is 0 Å². The minimum absolute atomic E-state index is 0.128. The second-order valence-electron chi connectivity index (χ2n) is 7.57. The maximum Gasteiger partial charge on any atom is 0.293 e. The molecule has 0 saturated carbocycles. The Balaban J connectivity index is 1.64. The lowest BCUT2D eigenvalue weighted by atomic mass is 10.1. The van der Waals surface area contributed by atoms with Gasteiger partial charge in [-0.3, -0.25) is 14.9 Å². The van der Waals surface area contributed by atoms with Crippen LogP contribution in [0.15, 0.2) is 72.8 Å². The smallest absolute Gasteiger partial charge is 0.293 e. The average molecular weight is 418 g/mol. The van der Waals surface area contributed by atoms with Gasteiger partial charge in [-0.25, -0.2) is 0 Å². The molecule has 0 aliphatic heterocycles. The summed E-state index contributed by atoms with van der Waals surface area (Å²) in [5, 5.41) is 17.4. The zero-order chi connectivity index (χ0) is 22.2. The molecule has 0 spiro atoms. The van der Waals surface area contributed by atoms with E-state index in [9.17, 15) is 14.9 Å². The summed E-state index contributed by atoms with van der Waals surface area (Å²) in [7, 11) is 4.02. The summed E-state index contributed by atoms with van der Waals surface area (Å²) < 4.78 is 0. The van der Waals surface area contributed by atoms with Crippen molar-refractivity contribution in [3.63, 3.8) is 0 Å². The van der Waals surface area contributed by atoms with E-state index in [4.69, 9.17) is 0 Å². The second kappa shape index (κ2) is 10.4. The van der Waals surface area contributed by atoms with E-state index in [2.05, 4.69) is 15.5 Å². The molecule has 7 heteroatoms. The van der Waals surface area contributed by atoms with Crippen LogP contribution in [0.1, 0.15) is 27.0 Å². The highest BCUT2D eigenvalue weighted by atomic mass is 16.6. The molecule has 3 rings (SSSR count). The number of anilines is 1. The third-order valence-electron chi connectivity index (χ3n) is 4.76. The molecular formula is C24H26N4O3. The average Bonchev–Trinajstić information content (AvgIpc) is 2.77. The first-order chi connectivity index (χ1) is 14.9. The second-order valence-corrected chi connectivity index (χ2v) is 7.57. The monoisotopic (exact) mass is 418 g/mol. The summed E-state index contributed by atoms with van der Waals surface area (Å²) in [4.78, 5) is 25.7. The van der Waals surface area contributed by atoms with Crippen molar-refractivity contribution in [1.29, 1.82) is 0 Å². The Labute approximate surface area is 181 Å². The molecule has 0 bridgehead atoms. The topological polar surface area (TPSA) is 87.5 Å². The molecule has 1 amide bonds. The van der Waals surface area contributed by atoms with E-state index in [1.807, 2.05) is 68.7 Å². The Bertz CT molecular complexity index is 1030. The Morgan fingerprint density at radius 3 is 2.19 bits per heavy atom. The quantitative estimate of drug-likeness (QED) is 0.402. The number of rotatable bonds is 9. The number of nitro groups is 1. The number of carbonyl (C=O) groups excluding carboxylic acids is 1. The summed E-state index contributed by atoms with van der Waals surface area (Å²) in [6.45, 7) is 1.65. The van der Waals surface area contributed by atoms with Gasteiger partial charge in [0.1, 0.15) is 5.69 Å². The Hall–Kier alpha value is -3.71. The number of nitro benzene ring substituents is 1. The predicted molar refractivity (Wildman–Crippen MR) is 122 cm³/mol. The van der Waals surface area contributed by atoms with Gasteiger partial charge in [-0.15, -0.1) is 0 Å². The highest BCUT2D eigenvalue weighted by Gasteiger charge is 2.17. The van der Waals surface area contributed by atoms with Crippen LogP contribution in [0.3, 0.4) is 0 Å². The molecule has 0 fully saturated rings. The maximum atomic E-state index is 12.5. The number of hydrogen-bond acceptors (Lipinski definition) is 5. The molecule has 31 heavy (non-hydrogen) atoms. The molecule has 7 nitrogen and oxygen atoms in total. The molecule has 0 aromatic heterocycles. The first kappa shape index (κ1) is 22.0. The van der Waals surface area contributed by atoms with Gasteiger partial charge < -0.3 is 15.5 Å². The number of carbonyl (C=O) groups is 1. The lowest BCUT2D eigenvalue weighted by Gasteiger charge is -2.11. The van der Waals surface area contributed by atoms with Gasteiger partial charge in [0.2, 0.25) is 0 Å². The van der Waals surface area contributed by atoms with Crippen molar-refractivity contribution in [3.05, 3.63) is 105 Å². The Morgan fingerprint density at radius 2 is 1.55 bits per heavy atom. The largest absolute Gasteiger partial charge is 0.375 e. The van der Waals surface area contributed by atoms with Crippen molar-refractivity contribution < 1.29 is 9.72 Å². The SMILES string of the molecule is CN(C)Cc1ccc(CNC(=O)c2ccc(NCc3ccccc3)c([N+](=O)[O-])c2)cc1. The first-order valence-electron chi connectivity index (χ1n) is 9.99. The van der Waals surface area contributed by atoms with Crippen molar-refractivity contribution in [2.75, 3.05) is 19.4 Å².